The van der Waals surface area contributed by atoms with E-state index in [-0.39, 0.29) is 30.7 Å². The molecule has 0 fully saturated rings. The molecule has 0 unspecified atom stereocenters. The lowest BCUT2D eigenvalue weighted by Crippen LogP contribution is -2.48. The Labute approximate surface area is 283 Å². The molecule has 9 nitrogen and oxygen atoms in total. The van der Waals surface area contributed by atoms with Gasteiger partial charge in [0.1, 0.15) is 11.8 Å². The van der Waals surface area contributed by atoms with Gasteiger partial charge in [-0.15, -0.1) is 0 Å². The van der Waals surface area contributed by atoms with Crippen molar-refractivity contribution in [1.29, 1.82) is 0 Å². The van der Waals surface area contributed by atoms with Crippen LogP contribution in [-0.2, 0) is 21.4 Å². The van der Waals surface area contributed by atoms with Crippen LogP contribution in [0.3, 0.4) is 0 Å². The molecule has 2 amide bonds. The Bertz CT molecular complexity index is 1650. The van der Waals surface area contributed by atoms with E-state index in [1.807, 2.05) is 60.7 Å². The fourth-order valence-corrected chi connectivity index (χ4v) is 5.20. The molecular formula is C39H46N4O5. The summed E-state index contributed by atoms with van der Waals surface area (Å²) in [7, 11) is 0. The first-order valence-corrected chi connectivity index (χ1v) is 16.5. The number of rotatable bonds is 15. The van der Waals surface area contributed by atoms with Crippen molar-refractivity contribution in [2.24, 2.45) is 5.92 Å². The molecule has 1 aromatic heterocycles. The molecule has 0 bridgehead atoms. The summed E-state index contributed by atoms with van der Waals surface area (Å²) in [6.45, 7) is 11.3. The Morgan fingerprint density at radius 1 is 0.854 bits per heavy atom. The minimum Gasteiger partial charge on any atom is -0.493 e. The Balaban J connectivity index is 1.42. The van der Waals surface area contributed by atoms with E-state index in [0.717, 1.165) is 46.4 Å². The van der Waals surface area contributed by atoms with E-state index < -0.39 is 17.9 Å². The highest BCUT2D eigenvalue weighted by atomic mass is 16.5. The quantitative estimate of drug-likeness (QED) is 0.128. The highest BCUT2D eigenvalue weighted by Gasteiger charge is 2.23. The van der Waals surface area contributed by atoms with Gasteiger partial charge >= 0.3 is 5.97 Å². The van der Waals surface area contributed by atoms with Crippen molar-refractivity contribution in [3.63, 3.8) is 0 Å². The van der Waals surface area contributed by atoms with Gasteiger partial charge in [-0.3, -0.25) is 14.4 Å². The zero-order valence-electron chi connectivity index (χ0n) is 28.5. The summed E-state index contributed by atoms with van der Waals surface area (Å²) >= 11 is 0. The molecule has 0 radical (unpaired) electrons. The van der Waals surface area contributed by atoms with Gasteiger partial charge in [-0.25, -0.2) is 9.97 Å². The van der Waals surface area contributed by atoms with E-state index in [1.165, 1.54) is 0 Å². The number of aromatic nitrogens is 2. The molecule has 1 heterocycles. The molecule has 0 saturated heterocycles. The summed E-state index contributed by atoms with van der Waals surface area (Å²) in [5.41, 5.74) is 4.96. The van der Waals surface area contributed by atoms with Crippen molar-refractivity contribution in [3.8, 4) is 28.3 Å². The van der Waals surface area contributed by atoms with Gasteiger partial charge in [0.15, 0.2) is 5.82 Å². The number of carboxylic acid groups (broad SMARTS) is 1. The van der Waals surface area contributed by atoms with Gasteiger partial charge in [-0.2, -0.15) is 0 Å². The van der Waals surface area contributed by atoms with Crippen LogP contribution in [-0.4, -0.2) is 52.1 Å². The van der Waals surface area contributed by atoms with E-state index in [1.54, 1.807) is 24.5 Å². The van der Waals surface area contributed by atoms with E-state index in [4.69, 9.17) is 9.84 Å². The molecule has 48 heavy (non-hydrogen) atoms. The van der Waals surface area contributed by atoms with Crippen LogP contribution in [0.4, 0.5) is 0 Å². The molecule has 0 saturated carbocycles. The lowest BCUT2D eigenvalue weighted by atomic mass is 9.86. The maximum Gasteiger partial charge on any atom is 0.305 e. The Hall–Kier alpha value is -5.05. The van der Waals surface area contributed by atoms with Gasteiger partial charge in [0.2, 0.25) is 5.91 Å². The normalized spacial score (nSPS) is 12.5. The van der Waals surface area contributed by atoms with Crippen LogP contribution in [0.2, 0.25) is 0 Å². The van der Waals surface area contributed by atoms with Crippen molar-refractivity contribution >= 4 is 17.8 Å². The van der Waals surface area contributed by atoms with Gasteiger partial charge in [0.05, 0.1) is 13.0 Å². The standard InChI is InChI=1S/C39H46N4O5/c1-6-7-26(2)25-48-33-18-14-28(15-19-33)31-23-41-36(42-24-31)29-10-8-27(9-11-29)22-34(38(47)40-21-20-35(44)45)43-37(46)30-12-16-32(17-13-30)39(3,4)5/h8-19,23-24,26,34H,6-7,20-22,25H2,1-5H3,(H,40,47)(H,43,46)(H,44,45)/t26-,34+/m1/s1. The molecule has 4 rings (SSSR count). The number of hydrogen-bond acceptors (Lipinski definition) is 6. The van der Waals surface area contributed by atoms with Crippen LogP contribution in [0.15, 0.2) is 85.2 Å². The Morgan fingerprint density at radius 3 is 2.06 bits per heavy atom. The molecular weight excluding hydrogens is 604 g/mol. The first-order chi connectivity index (χ1) is 22.9. The molecule has 252 valence electrons. The number of carbonyl (C=O) groups excluding carboxylic acids is 2. The molecule has 0 aliphatic carbocycles. The first kappa shape index (κ1) is 35.8. The molecule has 0 aliphatic heterocycles. The van der Waals surface area contributed by atoms with Crippen LogP contribution in [0, 0.1) is 5.92 Å². The fourth-order valence-electron chi connectivity index (χ4n) is 5.20. The molecule has 9 heteroatoms. The zero-order valence-corrected chi connectivity index (χ0v) is 28.5. The average Bonchev–Trinajstić information content (AvgIpc) is 3.07. The monoisotopic (exact) mass is 650 g/mol. The molecule has 0 aliphatic rings. The summed E-state index contributed by atoms with van der Waals surface area (Å²) < 4.78 is 5.92. The number of ether oxygens (including phenoxy) is 1. The minimum absolute atomic E-state index is 0.0384. The predicted molar refractivity (Wildman–Crippen MR) is 188 cm³/mol. The lowest BCUT2D eigenvalue weighted by Gasteiger charge is -2.20. The maximum atomic E-state index is 13.1. The maximum absolute atomic E-state index is 13.1. The summed E-state index contributed by atoms with van der Waals surface area (Å²) in [6.07, 6.45) is 5.86. The highest BCUT2D eigenvalue weighted by molar-refractivity contribution is 5.97. The van der Waals surface area contributed by atoms with Gasteiger partial charge < -0.3 is 20.5 Å². The predicted octanol–water partition coefficient (Wildman–Crippen LogP) is 6.86. The molecule has 2 atom stereocenters. The molecule has 3 N–H and O–H groups in total. The summed E-state index contributed by atoms with van der Waals surface area (Å²) in [5, 5.41) is 14.5. The lowest BCUT2D eigenvalue weighted by molar-refractivity contribution is -0.137. The molecule has 3 aromatic carbocycles. The number of hydrogen-bond donors (Lipinski definition) is 3. The second kappa shape index (κ2) is 16.7. The van der Waals surface area contributed by atoms with Gasteiger partial charge in [-0.05, 0) is 58.7 Å². The fraction of sp³-hybridized carbons (Fsp3) is 0.359. The Kier molecular flexibility index (Phi) is 12.4. The number of benzene rings is 3. The highest BCUT2D eigenvalue weighted by Crippen LogP contribution is 2.25. The smallest absolute Gasteiger partial charge is 0.305 e. The van der Waals surface area contributed by atoms with E-state index in [0.29, 0.717) is 23.9 Å². The van der Waals surface area contributed by atoms with Crippen LogP contribution < -0.4 is 15.4 Å². The van der Waals surface area contributed by atoms with Gasteiger partial charge in [-0.1, -0.05) is 89.6 Å². The third-order valence-corrected chi connectivity index (χ3v) is 8.08. The number of carboxylic acids is 1. The molecule has 4 aromatic rings. The summed E-state index contributed by atoms with van der Waals surface area (Å²) in [5.74, 6) is 0.0611. The second-order valence-corrected chi connectivity index (χ2v) is 13.2. The first-order valence-electron chi connectivity index (χ1n) is 16.5. The average molecular weight is 651 g/mol. The van der Waals surface area contributed by atoms with Crippen LogP contribution in [0.5, 0.6) is 5.75 Å². The number of nitrogens with zero attached hydrogens (tertiary/aromatic N) is 2. The van der Waals surface area contributed by atoms with Crippen molar-refractivity contribution in [2.75, 3.05) is 13.2 Å². The van der Waals surface area contributed by atoms with Crippen LogP contribution >= 0.6 is 0 Å². The number of carbonyl (C=O) groups is 3. The summed E-state index contributed by atoms with van der Waals surface area (Å²) in [6, 6.07) is 21.8. The number of aliphatic carboxylic acids is 1. The topological polar surface area (TPSA) is 131 Å². The van der Waals surface area contributed by atoms with Gasteiger partial charge in [0, 0.05) is 42.0 Å². The van der Waals surface area contributed by atoms with Crippen molar-refractivity contribution in [2.45, 2.75) is 71.8 Å². The third kappa shape index (κ3) is 10.5. The third-order valence-electron chi connectivity index (χ3n) is 8.08. The zero-order chi connectivity index (χ0) is 34.7. The SMILES string of the molecule is CCC[C@@H](C)COc1ccc(-c2cnc(-c3ccc(C[C@H](NC(=O)c4ccc(C(C)(C)C)cc4)C(=O)NCCC(=O)O)cc3)nc2)cc1. The van der Waals surface area contributed by atoms with Gasteiger partial charge in [0.25, 0.3) is 5.91 Å². The minimum atomic E-state index is -1.02. The van der Waals surface area contributed by atoms with Crippen molar-refractivity contribution in [3.05, 3.63) is 102 Å². The largest absolute Gasteiger partial charge is 0.493 e. The van der Waals surface area contributed by atoms with E-state index in [2.05, 4.69) is 55.2 Å². The summed E-state index contributed by atoms with van der Waals surface area (Å²) in [4.78, 5) is 46.4. The molecule has 0 spiro atoms. The number of nitrogens with one attached hydrogen (secondary N) is 2. The van der Waals surface area contributed by atoms with E-state index in [9.17, 15) is 14.4 Å². The van der Waals surface area contributed by atoms with Crippen LogP contribution in [0.1, 0.15) is 75.4 Å². The van der Waals surface area contributed by atoms with Crippen molar-refractivity contribution < 1.29 is 24.2 Å². The van der Waals surface area contributed by atoms with E-state index >= 15 is 0 Å². The Morgan fingerprint density at radius 2 is 1.48 bits per heavy atom. The second-order valence-electron chi connectivity index (χ2n) is 13.2. The van der Waals surface area contributed by atoms with Crippen LogP contribution in [0.25, 0.3) is 22.5 Å². The number of amides is 2. The van der Waals surface area contributed by atoms with Crippen molar-refractivity contribution in [1.82, 2.24) is 20.6 Å².